The highest BCUT2D eigenvalue weighted by molar-refractivity contribution is 7.94. The highest BCUT2D eigenvalue weighted by atomic mass is 32.2. The van der Waals surface area contributed by atoms with Crippen molar-refractivity contribution in [1.82, 2.24) is 0 Å². The molecule has 0 aliphatic carbocycles. The summed E-state index contributed by atoms with van der Waals surface area (Å²) in [7, 11) is -8.03. The Morgan fingerprint density at radius 2 is 1.08 bits per heavy atom. The number of benzene rings is 4. The van der Waals surface area contributed by atoms with Crippen LogP contribution in [0.3, 0.4) is 0 Å². The first kappa shape index (κ1) is 38.2. The second-order valence-electron chi connectivity index (χ2n) is 10.3. The second kappa shape index (κ2) is 14.3. The van der Waals surface area contributed by atoms with E-state index in [0.29, 0.717) is 11.0 Å². The minimum atomic E-state index is -5.04. The van der Waals surface area contributed by atoms with Gasteiger partial charge in [-0.3, -0.25) is 4.55 Å². The average molecular weight is 762 g/mol. The van der Waals surface area contributed by atoms with Crippen molar-refractivity contribution in [2.45, 2.75) is 21.6 Å². The number of nitrogens with two attached hydrogens (primary N) is 1. The van der Waals surface area contributed by atoms with Gasteiger partial charge in [-0.15, -0.1) is 20.5 Å². The number of anilines is 1. The van der Waals surface area contributed by atoms with Crippen molar-refractivity contribution < 1.29 is 53.9 Å². The molecule has 20 heteroatoms. The van der Waals surface area contributed by atoms with Gasteiger partial charge < -0.3 is 29.8 Å². The van der Waals surface area contributed by atoms with Crippen molar-refractivity contribution >= 4 is 69.0 Å². The molecule has 4 rings (SSSR count). The smallest absolute Gasteiger partial charge is 0.296 e. The monoisotopic (exact) mass is 761 g/mol. The number of azo groups is 2. The highest BCUT2D eigenvalue weighted by Gasteiger charge is 2.26. The van der Waals surface area contributed by atoms with E-state index in [2.05, 4.69) is 33.6 Å². The van der Waals surface area contributed by atoms with Gasteiger partial charge >= 0.3 is 0 Å². The van der Waals surface area contributed by atoms with Crippen LogP contribution in [0, 0.1) is 6.92 Å². The number of ether oxygens (including phenoxy) is 4. The molecule has 0 spiro atoms. The molecule has 4 aromatic rings. The van der Waals surface area contributed by atoms with E-state index in [9.17, 15) is 34.9 Å². The van der Waals surface area contributed by atoms with E-state index < -0.39 is 46.1 Å². The molecule has 0 aliphatic rings. The number of methoxy groups -OCH3 is 4. The fourth-order valence-corrected chi connectivity index (χ4v) is 7.21. The fraction of sp³-hybridized carbons (Fsp3) is 0.161. The number of nitrogens with zero attached hydrogens (tertiary/aromatic N) is 4. The molecule has 17 nitrogen and oxygen atoms in total. The third kappa shape index (κ3) is 7.33. The Labute approximate surface area is 292 Å². The summed E-state index contributed by atoms with van der Waals surface area (Å²) in [5, 5.41) is 29.0. The zero-order valence-corrected chi connectivity index (χ0v) is 30.1. The summed E-state index contributed by atoms with van der Waals surface area (Å²) in [5.74, 6) is -1.21. The molecule has 51 heavy (non-hydrogen) atoms. The Hall–Kier alpha value is -5.57. The lowest BCUT2D eigenvalue weighted by Gasteiger charge is -2.14. The lowest BCUT2D eigenvalue weighted by Crippen LogP contribution is -2.01. The molecule has 0 amide bonds. The maximum Gasteiger partial charge on any atom is 0.296 e. The van der Waals surface area contributed by atoms with Gasteiger partial charge in [-0.25, -0.2) is 16.8 Å². The van der Waals surface area contributed by atoms with Gasteiger partial charge in [0.2, 0.25) is 19.7 Å². The number of fused-ring (bicyclic) bond motifs is 1. The maximum absolute atomic E-state index is 12.5. The molecular weight excluding hydrogens is 731 g/mol. The zero-order chi connectivity index (χ0) is 38.1. The SMILES string of the molecule is C=CS(=O)(=O)c1cc(OC)c(N=Nc2c(C)cc3cc(S(=O)(=O)O)c(N=Nc4cc(OC)c(S(=O)(=O)C=C)cc4OC)c(O)c3c2N)cc1OC. The van der Waals surface area contributed by atoms with Crippen LogP contribution in [-0.4, -0.2) is 63.4 Å². The van der Waals surface area contributed by atoms with E-state index in [1.54, 1.807) is 6.92 Å². The number of aromatic hydroxyl groups is 1. The molecule has 0 unspecified atom stereocenters. The molecule has 4 N–H and O–H groups in total. The topological polar surface area (TPSA) is 255 Å². The number of rotatable bonds is 13. The van der Waals surface area contributed by atoms with E-state index in [0.717, 1.165) is 23.6 Å². The predicted molar refractivity (Wildman–Crippen MR) is 187 cm³/mol. The summed E-state index contributed by atoms with van der Waals surface area (Å²) in [5.41, 5.74) is 5.76. The van der Waals surface area contributed by atoms with Crippen LogP contribution in [0.15, 0.2) is 95.5 Å². The number of nitrogen functional groups attached to an aromatic ring is 1. The molecule has 0 saturated carbocycles. The first-order chi connectivity index (χ1) is 23.9. The average Bonchev–Trinajstić information content (AvgIpc) is 3.09. The number of hydrogen-bond donors (Lipinski definition) is 3. The van der Waals surface area contributed by atoms with E-state index in [4.69, 9.17) is 24.7 Å². The number of hydrogen-bond acceptors (Lipinski definition) is 16. The number of phenols is 1. The molecule has 0 aromatic heterocycles. The van der Waals surface area contributed by atoms with Crippen molar-refractivity contribution in [1.29, 1.82) is 0 Å². The number of phenolic OH excluding ortho intramolecular Hbond substituents is 1. The van der Waals surface area contributed by atoms with Gasteiger partial charge in [0.15, 0.2) is 5.75 Å². The predicted octanol–water partition coefficient (Wildman–Crippen LogP) is 6.38. The van der Waals surface area contributed by atoms with Gasteiger partial charge in [0.1, 0.15) is 60.4 Å². The van der Waals surface area contributed by atoms with E-state index in [-0.39, 0.29) is 66.3 Å². The third-order valence-corrected chi connectivity index (χ3v) is 10.9. The molecule has 0 bridgehead atoms. The van der Waals surface area contributed by atoms with Crippen molar-refractivity contribution in [3.8, 4) is 28.7 Å². The maximum atomic E-state index is 12.5. The van der Waals surface area contributed by atoms with Crippen molar-refractivity contribution in [2.24, 2.45) is 20.5 Å². The van der Waals surface area contributed by atoms with Gasteiger partial charge in [0, 0.05) is 35.1 Å². The van der Waals surface area contributed by atoms with Crippen LogP contribution in [0.5, 0.6) is 28.7 Å². The van der Waals surface area contributed by atoms with E-state index in [1.165, 1.54) is 46.6 Å². The Morgan fingerprint density at radius 3 is 1.47 bits per heavy atom. The zero-order valence-electron chi connectivity index (χ0n) is 27.6. The van der Waals surface area contributed by atoms with Gasteiger partial charge in [-0.05, 0) is 30.0 Å². The first-order valence-corrected chi connectivity index (χ1v) is 18.6. The van der Waals surface area contributed by atoms with E-state index in [1.807, 2.05) is 0 Å². The Balaban J connectivity index is 1.95. The van der Waals surface area contributed by atoms with Crippen LogP contribution in [0.25, 0.3) is 10.8 Å². The third-order valence-electron chi connectivity index (χ3n) is 7.32. The lowest BCUT2D eigenvalue weighted by molar-refractivity contribution is 0.393. The van der Waals surface area contributed by atoms with Crippen LogP contribution < -0.4 is 24.7 Å². The number of aryl methyl sites for hydroxylation is 1. The van der Waals surface area contributed by atoms with Crippen LogP contribution >= 0.6 is 0 Å². The van der Waals surface area contributed by atoms with Gasteiger partial charge in [0.05, 0.1) is 39.5 Å². The van der Waals surface area contributed by atoms with Crippen molar-refractivity contribution in [3.63, 3.8) is 0 Å². The molecule has 270 valence electrons. The number of sulfone groups is 2. The van der Waals surface area contributed by atoms with Crippen LogP contribution in [0.4, 0.5) is 28.4 Å². The minimum absolute atomic E-state index is 0.00232. The molecular formula is C31H31N5O12S3. The molecule has 0 saturated heterocycles. The molecule has 4 aromatic carbocycles. The minimum Gasteiger partial charge on any atom is -0.505 e. The molecule has 0 fully saturated rings. The summed E-state index contributed by atoms with van der Waals surface area (Å²) in [6, 6.07) is 7.10. The largest absolute Gasteiger partial charge is 0.505 e. The fourth-order valence-electron chi connectivity index (χ4n) is 4.80. The van der Waals surface area contributed by atoms with Crippen LogP contribution in [0.1, 0.15) is 5.56 Å². The van der Waals surface area contributed by atoms with Crippen LogP contribution in [0.2, 0.25) is 0 Å². The second-order valence-corrected chi connectivity index (χ2v) is 15.4. The molecule has 0 heterocycles. The first-order valence-electron chi connectivity index (χ1n) is 14.1. The molecule has 0 atom stereocenters. The summed E-state index contributed by atoms with van der Waals surface area (Å²) >= 11 is 0. The van der Waals surface area contributed by atoms with Crippen molar-refractivity contribution in [3.05, 3.63) is 65.9 Å². The normalized spacial score (nSPS) is 12.4. The summed E-state index contributed by atoms with van der Waals surface area (Å²) in [4.78, 5) is -1.37. The summed E-state index contributed by atoms with van der Waals surface area (Å²) < 4.78 is 106. The summed E-state index contributed by atoms with van der Waals surface area (Å²) in [6.07, 6.45) is 0. The summed E-state index contributed by atoms with van der Waals surface area (Å²) in [6.45, 7) is 8.17. The Kier molecular flexibility index (Phi) is 10.8. The quantitative estimate of drug-likeness (QED) is 0.0760. The molecule has 0 radical (unpaired) electrons. The van der Waals surface area contributed by atoms with Crippen molar-refractivity contribution in [2.75, 3.05) is 34.2 Å². The Bertz CT molecular complexity index is 2500. The Morgan fingerprint density at radius 1 is 0.647 bits per heavy atom. The van der Waals surface area contributed by atoms with Crippen LogP contribution in [-0.2, 0) is 29.8 Å². The molecule has 0 aliphatic heterocycles. The van der Waals surface area contributed by atoms with Gasteiger partial charge in [-0.2, -0.15) is 8.42 Å². The van der Waals surface area contributed by atoms with Gasteiger partial charge in [-0.1, -0.05) is 13.2 Å². The van der Waals surface area contributed by atoms with Gasteiger partial charge in [0.25, 0.3) is 10.1 Å². The van der Waals surface area contributed by atoms with E-state index >= 15 is 0 Å². The highest BCUT2D eigenvalue weighted by Crippen LogP contribution is 2.48. The lowest BCUT2D eigenvalue weighted by atomic mass is 10.0. The standard InChI is InChI=1S/C31H31N5O12S3/c1-8-49(38,39)24-14-20(45-4)18(12-22(24)47-6)33-35-29-16(3)10-17-11-26(51(42,43)44)30(31(37)27(17)28(29)32)36-34-19-13-23(48-7)25(15-21(19)46-5)50(40,41)9-2/h8-15,37H,1-2,32H2,3-7H3,(H,42,43,44).